The molecule has 3 rings (SSSR count). The van der Waals surface area contributed by atoms with Crippen molar-refractivity contribution in [3.05, 3.63) is 47.0 Å². The van der Waals surface area contributed by atoms with Crippen LogP contribution in [0.15, 0.2) is 24.3 Å². The lowest BCUT2D eigenvalue weighted by Crippen LogP contribution is -2.51. The Labute approximate surface area is 145 Å². The van der Waals surface area contributed by atoms with Gasteiger partial charge in [-0.1, -0.05) is 6.07 Å². The second-order valence-corrected chi connectivity index (χ2v) is 6.24. The van der Waals surface area contributed by atoms with E-state index >= 15 is 0 Å². The van der Waals surface area contributed by atoms with E-state index in [1.54, 1.807) is 12.1 Å². The van der Waals surface area contributed by atoms with Crippen LogP contribution < -0.4 is 10.1 Å². The lowest BCUT2D eigenvalue weighted by molar-refractivity contribution is -0.123. The van der Waals surface area contributed by atoms with E-state index in [0.717, 1.165) is 17.0 Å². The maximum Gasteiger partial charge on any atom is 0.224 e. The smallest absolute Gasteiger partial charge is 0.224 e. The Morgan fingerprint density at radius 3 is 3.04 bits per heavy atom. The summed E-state index contributed by atoms with van der Waals surface area (Å²) in [7, 11) is 0. The number of carbonyl (C=O) groups is 1. The first-order chi connectivity index (χ1) is 12.0. The van der Waals surface area contributed by atoms with Crippen LogP contribution >= 0.6 is 0 Å². The number of nitrogens with zero attached hydrogens (tertiary/aromatic N) is 1. The summed E-state index contributed by atoms with van der Waals surface area (Å²) in [5, 5.41) is 10.0. The Balaban J connectivity index is 1.63. The van der Waals surface area contributed by atoms with Crippen molar-refractivity contribution in [1.82, 2.24) is 15.5 Å². The normalized spacial score (nSPS) is 20.3. The molecule has 1 aliphatic rings. The predicted octanol–water partition coefficient (Wildman–Crippen LogP) is 2.06. The fourth-order valence-corrected chi connectivity index (χ4v) is 2.96. The SMILES string of the molecule is Cc1n[nH]c(C)c1CC(=O)N[C@@H]1CCOC[C@H]1Oc1cccc(F)c1. The average molecular weight is 347 g/mol. The molecule has 2 aromatic rings. The molecular weight excluding hydrogens is 325 g/mol. The molecule has 1 aliphatic heterocycles. The molecule has 25 heavy (non-hydrogen) atoms. The van der Waals surface area contributed by atoms with Gasteiger partial charge in [0.1, 0.15) is 17.7 Å². The largest absolute Gasteiger partial charge is 0.486 e. The van der Waals surface area contributed by atoms with E-state index in [9.17, 15) is 9.18 Å². The fraction of sp³-hybridized carbons (Fsp3) is 0.444. The lowest BCUT2D eigenvalue weighted by atomic mass is 10.0. The standard InChI is InChI=1S/C18H22FN3O3/c1-11-15(12(2)22-21-11)9-18(23)20-16-6-7-24-10-17(16)25-14-5-3-4-13(19)8-14/h3-5,8,16-17H,6-7,9-10H2,1-2H3,(H,20,23)(H,21,22)/t16-,17-/m1/s1. The number of hydrogen-bond donors (Lipinski definition) is 2. The molecule has 1 aromatic heterocycles. The monoisotopic (exact) mass is 347 g/mol. The van der Waals surface area contributed by atoms with Gasteiger partial charge in [0.2, 0.25) is 5.91 Å². The molecule has 0 aliphatic carbocycles. The topological polar surface area (TPSA) is 76.2 Å². The number of carbonyl (C=O) groups excluding carboxylic acids is 1. The van der Waals surface area contributed by atoms with Crippen molar-refractivity contribution in [2.24, 2.45) is 0 Å². The summed E-state index contributed by atoms with van der Waals surface area (Å²) in [4.78, 5) is 12.4. The highest BCUT2D eigenvalue weighted by molar-refractivity contribution is 5.79. The van der Waals surface area contributed by atoms with Crippen LogP contribution in [0.3, 0.4) is 0 Å². The minimum absolute atomic E-state index is 0.0904. The van der Waals surface area contributed by atoms with Crippen molar-refractivity contribution in [2.75, 3.05) is 13.2 Å². The summed E-state index contributed by atoms with van der Waals surface area (Å²) >= 11 is 0. The molecule has 7 heteroatoms. The number of H-pyrrole nitrogens is 1. The van der Waals surface area contributed by atoms with Gasteiger partial charge < -0.3 is 14.8 Å². The number of rotatable bonds is 5. The molecule has 1 saturated heterocycles. The van der Waals surface area contributed by atoms with Crippen LogP contribution in [0, 0.1) is 19.7 Å². The number of aromatic amines is 1. The molecular formula is C18H22FN3O3. The van der Waals surface area contributed by atoms with Crippen LogP contribution in [0.25, 0.3) is 0 Å². The van der Waals surface area contributed by atoms with Gasteiger partial charge in [-0.3, -0.25) is 9.89 Å². The van der Waals surface area contributed by atoms with Gasteiger partial charge in [0.25, 0.3) is 0 Å². The lowest BCUT2D eigenvalue weighted by Gasteiger charge is -2.32. The third kappa shape index (κ3) is 4.36. The Morgan fingerprint density at radius 1 is 1.48 bits per heavy atom. The van der Waals surface area contributed by atoms with Gasteiger partial charge in [-0.25, -0.2) is 4.39 Å². The van der Waals surface area contributed by atoms with Crippen LogP contribution in [0.4, 0.5) is 4.39 Å². The molecule has 2 atom stereocenters. The van der Waals surface area contributed by atoms with Gasteiger partial charge in [0, 0.05) is 23.9 Å². The number of aryl methyl sites for hydroxylation is 2. The fourth-order valence-electron chi connectivity index (χ4n) is 2.96. The Kier molecular flexibility index (Phi) is 5.33. The highest BCUT2D eigenvalue weighted by Crippen LogP contribution is 2.19. The number of amides is 1. The molecule has 0 spiro atoms. The van der Waals surface area contributed by atoms with E-state index < -0.39 is 0 Å². The van der Waals surface area contributed by atoms with Gasteiger partial charge >= 0.3 is 0 Å². The molecule has 0 unspecified atom stereocenters. The zero-order valence-electron chi connectivity index (χ0n) is 14.3. The summed E-state index contributed by atoms with van der Waals surface area (Å²) in [5.74, 6) is -0.0238. The van der Waals surface area contributed by atoms with Crippen molar-refractivity contribution >= 4 is 5.91 Å². The highest BCUT2D eigenvalue weighted by atomic mass is 19.1. The first-order valence-corrected chi connectivity index (χ1v) is 8.32. The summed E-state index contributed by atoms with van der Waals surface area (Å²) in [6, 6.07) is 5.78. The van der Waals surface area contributed by atoms with Crippen LogP contribution in [-0.4, -0.2) is 41.5 Å². The zero-order valence-corrected chi connectivity index (χ0v) is 14.3. The Bertz CT molecular complexity index is 727. The molecule has 1 fully saturated rings. The molecule has 1 aromatic carbocycles. The number of hydrogen-bond acceptors (Lipinski definition) is 4. The zero-order chi connectivity index (χ0) is 17.8. The Morgan fingerprint density at radius 2 is 2.32 bits per heavy atom. The number of halogens is 1. The van der Waals surface area contributed by atoms with Crippen molar-refractivity contribution in [3.8, 4) is 5.75 Å². The number of aromatic nitrogens is 2. The maximum atomic E-state index is 13.3. The van der Waals surface area contributed by atoms with E-state index in [1.165, 1.54) is 12.1 Å². The van der Waals surface area contributed by atoms with Crippen molar-refractivity contribution in [3.63, 3.8) is 0 Å². The summed E-state index contributed by atoms with van der Waals surface area (Å²) in [5.41, 5.74) is 2.63. The number of nitrogens with one attached hydrogen (secondary N) is 2. The van der Waals surface area contributed by atoms with Gasteiger partial charge in [0.15, 0.2) is 0 Å². The third-order valence-electron chi connectivity index (χ3n) is 4.35. The minimum Gasteiger partial charge on any atom is -0.486 e. The van der Waals surface area contributed by atoms with Gasteiger partial charge in [-0.2, -0.15) is 5.10 Å². The van der Waals surface area contributed by atoms with Gasteiger partial charge in [-0.05, 0) is 32.4 Å². The van der Waals surface area contributed by atoms with Crippen LogP contribution in [-0.2, 0) is 16.0 Å². The second kappa shape index (κ2) is 7.65. The van der Waals surface area contributed by atoms with Crippen molar-refractivity contribution in [2.45, 2.75) is 38.8 Å². The molecule has 0 saturated carbocycles. The average Bonchev–Trinajstić information content (AvgIpc) is 2.89. The molecule has 0 radical (unpaired) electrons. The number of benzene rings is 1. The molecule has 2 heterocycles. The molecule has 134 valence electrons. The summed E-state index contributed by atoms with van der Waals surface area (Å²) in [6.07, 6.45) is 0.554. The van der Waals surface area contributed by atoms with Crippen LogP contribution in [0.1, 0.15) is 23.4 Å². The summed E-state index contributed by atoms with van der Waals surface area (Å²) < 4.78 is 24.6. The Hall–Kier alpha value is -2.41. The highest BCUT2D eigenvalue weighted by Gasteiger charge is 2.29. The van der Waals surface area contributed by atoms with Crippen molar-refractivity contribution < 1.29 is 18.7 Å². The number of ether oxygens (including phenoxy) is 2. The molecule has 0 bridgehead atoms. The van der Waals surface area contributed by atoms with E-state index in [4.69, 9.17) is 9.47 Å². The molecule has 1 amide bonds. The quantitative estimate of drug-likeness (QED) is 0.868. The van der Waals surface area contributed by atoms with Crippen LogP contribution in [0.2, 0.25) is 0 Å². The van der Waals surface area contributed by atoms with E-state index in [0.29, 0.717) is 25.4 Å². The first kappa shape index (κ1) is 17.4. The maximum absolute atomic E-state index is 13.3. The molecule has 2 N–H and O–H groups in total. The van der Waals surface area contributed by atoms with Gasteiger partial charge in [0.05, 0.1) is 24.8 Å². The predicted molar refractivity (Wildman–Crippen MR) is 89.9 cm³/mol. The van der Waals surface area contributed by atoms with Crippen molar-refractivity contribution in [1.29, 1.82) is 0 Å². The summed E-state index contributed by atoms with van der Waals surface area (Å²) in [6.45, 7) is 4.67. The van der Waals surface area contributed by atoms with E-state index in [1.807, 2.05) is 13.8 Å². The third-order valence-corrected chi connectivity index (χ3v) is 4.35. The van der Waals surface area contributed by atoms with E-state index in [2.05, 4.69) is 15.5 Å². The minimum atomic E-state index is -0.360. The molecule has 6 nitrogen and oxygen atoms in total. The van der Waals surface area contributed by atoms with E-state index in [-0.39, 0.29) is 30.3 Å². The van der Waals surface area contributed by atoms with Crippen LogP contribution in [0.5, 0.6) is 5.75 Å². The first-order valence-electron chi connectivity index (χ1n) is 8.32. The second-order valence-electron chi connectivity index (χ2n) is 6.24. The van der Waals surface area contributed by atoms with Gasteiger partial charge in [-0.15, -0.1) is 0 Å².